The lowest BCUT2D eigenvalue weighted by Gasteiger charge is -2.13. The highest BCUT2D eigenvalue weighted by atomic mass is 16.5. The molecule has 0 fully saturated rings. The summed E-state index contributed by atoms with van der Waals surface area (Å²) in [5.41, 5.74) is 0.965. The SMILES string of the molecule is CC(C(=O)Nc1cccc(NC(=O)c2cccc[n+]2[O-])c1)n1cccn1. The number of hydrogen-bond acceptors (Lipinski definition) is 4. The van der Waals surface area contributed by atoms with E-state index in [4.69, 9.17) is 0 Å². The van der Waals surface area contributed by atoms with Gasteiger partial charge in [-0.3, -0.25) is 14.3 Å². The fourth-order valence-electron chi connectivity index (χ4n) is 2.35. The van der Waals surface area contributed by atoms with Crippen LogP contribution in [0.15, 0.2) is 67.1 Å². The molecule has 8 heteroatoms. The minimum absolute atomic E-state index is 0.0192. The van der Waals surface area contributed by atoms with Crippen molar-refractivity contribution in [1.82, 2.24) is 9.78 Å². The van der Waals surface area contributed by atoms with Crippen molar-refractivity contribution in [2.45, 2.75) is 13.0 Å². The molecule has 0 bridgehead atoms. The number of carbonyl (C=O) groups excluding carboxylic acids is 2. The summed E-state index contributed by atoms with van der Waals surface area (Å²) in [6.45, 7) is 1.73. The molecule has 0 saturated carbocycles. The molecule has 0 aliphatic heterocycles. The summed E-state index contributed by atoms with van der Waals surface area (Å²) in [4.78, 5) is 24.5. The van der Waals surface area contributed by atoms with Gasteiger partial charge in [-0.25, -0.2) is 0 Å². The fourth-order valence-corrected chi connectivity index (χ4v) is 2.35. The van der Waals surface area contributed by atoms with E-state index in [0.717, 1.165) is 0 Å². The molecule has 132 valence electrons. The Balaban J connectivity index is 1.69. The predicted molar refractivity (Wildman–Crippen MR) is 95.4 cm³/mol. The van der Waals surface area contributed by atoms with Crippen LogP contribution in [-0.4, -0.2) is 21.6 Å². The van der Waals surface area contributed by atoms with Crippen LogP contribution in [0.25, 0.3) is 0 Å². The maximum Gasteiger partial charge on any atom is 0.321 e. The van der Waals surface area contributed by atoms with Gasteiger partial charge in [0.1, 0.15) is 6.04 Å². The first-order chi connectivity index (χ1) is 12.5. The Bertz CT molecular complexity index is 924. The van der Waals surface area contributed by atoms with Crippen LogP contribution in [0.3, 0.4) is 0 Å². The zero-order chi connectivity index (χ0) is 18.5. The minimum atomic E-state index is -0.533. The molecule has 2 aromatic heterocycles. The zero-order valence-corrected chi connectivity index (χ0v) is 14.0. The summed E-state index contributed by atoms with van der Waals surface area (Å²) in [6, 6.07) is 12.5. The van der Waals surface area contributed by atoms with E-state index >= 15 is 0 Å². The van der Waals surface area contributed by atoms with Gasteiger partial charge in [0.2, 0.25) is 5.91 Å². The monoisotopic (exact) mass is 351 g/mol. The maximum atomic E-state index is 12.3. The molecule has 0 saturated heterocycles. The van der Waals surface area contributed by atoms with E-state index < -0.39 is 11.9 Å². The van der Waals surface area contributed by atoms with E-state index in [2.05, 4.69) is 15.7 Å². The Morgan fingerprint density at radius 2 is 1.88 bits per heavy atom. The number of pyridine rings is 1. The number of anilines is 2. The second-order valence-electron chi connectivity index (χ2n) is 5.60. The summed E-state index contributed by atoms with van der Waals surface area (Å²) in [5.74, 6) is -0.772. The number of hydrogen-bond donors (Lipinski definition) is 2. The fraction of sp³-hybridized carbons (Fsp3) is 0.111. The highest BCUT2D eigenvalue weighted by Crippen LogP contribution is 2.17. The smallest absolute Gasteiger partial charge is 0.321 e. The van der Waals surface area contributed by atoms with E-state index in [1.165, 1.54) is 12.3 Å². The van der Waals surface area contributed by atoms with Crippen LogP contribution in [-0.2, 0) is 4.79 Å². The van der Waals surface area contributed by atoms with Gasteiger partial charge in [0.05, 0.1) is 0 Å². The van der Waals surface area contributed by atoms with Crippen molar-refractivity contribution in [3.05, 3.63) is 78.0 Å². The van der Waals surface area contributed by atoms with Gasteiger partial charge in [-0.1, -0.05) is 6.07 Å². The number of benzene rings is 1. The Labute approximate surface area is 149 Å². The van der Waals surface area contributed by atoms with Crippen molar-refractivity contribution in [2.75, 3.05) is 10.6 Å². The summed E-state index contributed by atoms with van der Waals surface area (Å²) >= 11 is 0. The third-order valence-electron chi connectivity index (χ3n) is 3.75. The number of aromatic nitrogens is 3. The second kappa shape index (κ2) is 7.47. The van der Waals surface area contributed by atoms with Crippen LogP contribution < -0.4 is 15.4 Å². The van der Waals surface area contributed by atoms with Crippen molar-refractivity contribution < 1.29 is 14.3 Å². The third-order valence-corrected chi connectivity index (χ3v) is 3.75. The molecule has 2 N–H and O–H groups in total. The second-order valence-corrected chi connectivity index (χ2v) is 5.60. The zero-order valence-electron chi connectivity index (χ0n) is 14.0. The number of carbonyl (C=O) groups is 2. The lowest BCUT2D eigenvalue weighted by Crippen LogP contribution is -2.36. The van der Waals surface area contributed by atoms with Crippen LogP contribution in [0.4, 0.5) is 11.4 Å². The van der Waals surface area contributed by atoms with Gasteiger partial charge in [0.15, 0.2) is 6.20 Å². The van der Waals surface area contributed by atoms with Gasteiger partial charge in [0.25, 0.3) is 5.69 Å². The van der Waals surface area contributed by atoms with Crippen molar-refractivity contribution in [3.63, 3.8) is 0 Å². The Kier molecular flexibility index (Phi) is 4.93. The molecule has 3 aromatic rings. The third kappa shape index (κ3) is 3.86. The quantitative estimate of drug-likeness (QED) is 0.542. The lowest BCUT2D eigenvalue weighted by atomic mass is 10.2. The van der Waals surface area contributed by atoms with Gasteiger partial charge >= 0.3 is 5.91 Å². The summed E-state index contributed by atoms with van der Waals surface area (Å²) in [6.07, 6.45) is 4.56. The first-order valence-electron chi connectivity index (χ1n) is 7.94. The molecule has 1 unspecified atom stereocenters. The molecular weight excluding hydrogens is 334 g/mol. The normalized spacial score (nSPS) is 11.6. The maximum absolute atomic E-state index is 12.3. The number of nitrogens with zero attached hydrogens (tertiary/aromatic N) is 3. The van der Waals surface area contributed by atoms with Crippen LogP contribution in [0.1, 0.15) is 23.5 Å². The van der Waals surface area contributed by atoms with Gasteiger partial charge < -0.3 is 15.8 Å². The van der Waals surface area contributed by atoms with E-state index in [0.29, 0.717) is 16.1 Å². The number of rotatable bonds is 5. The number of nitrogens with one attached hydrogen (secondary N) is 2. The largest absolute Gasteiger partial charge is 0.618 e. The van der Waals surface area contributed by atoms with Crippen molar-refractivity contribution in [2.24, 2.45) is 0 Å². The van der Waals surface area contributed by atoms with Crippen LogP contribution in [0, 0.1) is 5.21 Å². The molecule has 1 aromatic carbocycles. The summed E-state index contributed by atoms with van der Waals surface area (Å²) < 4.78 is 2.04. The highest BCUT2D eigenvalue weighted by Gasteiger charge is 2.17. The van der Waals surface area contributed by atoms with Gasteiger partial charge in [-0.15, -0.1) is 0 Å². The molecule has 3 rings (SSSR count). The Hall–Kier alpha value is -3.68. The molecule has 1 atom stereocenters. The van der Waals surface area contributed by atoms with Crippen LogP contribution >= 0.6 is 0 Å². The van der Waals surface area contributed by atoms with E-state index in [1.54, 1.807) is 66.5 Å². The summed E-state index contributed by atoms with van der Waals surface area (Å²) in [5, 5.41) is 21.1. The predicted octanol–water partition coefficient (Wildman–Crippen LogP) is 1.97. The summed E-state index contributed by atoms with van der Waals surface area (Å²) in [7, 11) is 0. The lowest BCUT2D eigenvalue weighted by molar-refractivity contribution is -0.607. The first-order valence-corrected chi connectivity index (χ1v) is 7.94. The molecule has 0 spiro atoms. The molecule has 0 aliphatic carbocycles. The van der Waals surface area contributed by atoms with E-state index in [9.17, 15) is 14.8 Å². The minimum Gasteiger partial charge on any atom is -0.618 e. The first kappa shape index (κ1) is 17.2. The van der Waals surface area contributed by atoms with Gasteiger partial charge in [0, 0.05) is 35.9 Å². The van der Waals surface area contributed by atoms with Crippen molar-refractivity contribution in [1.29, 1.82) is 0 Å². The van der Waals surface area contributed by atoms with Gasteiger partial charge in [-0.05, 0) is 37.3 Å². The van der Waals surface area contributed by atoms with Crippen LogP contribution in [0.2, 0.25) is 0 Å². The average Bonchev–Trinajstić information content (AvgIpc) is 3.16. The highest BCUT2D eigenvalue weighted by molar-refractivity contribution is 6.02. The Morgan fingerprint density at radius 3 is 2.58 bits per heavy atom. The molecule has 2 amide bonds. The molecule has 26 heavy (non-hydrogen) atoms. The Morgan fingerprint density at radius 1 is 1.12 bits per heavy atom. The van der Waals surface area contributed by atoms with Gasteiger partial charge in [-0.2, -0.15) is 9.83 Å². The standard InChI is InChI=1S/C18H17N5O3/c1-13(22-10-5-9-19-22)17(24)20-14-6-4-7-15(12-14)21-18(25)16-8-2-3-11-23(16)26/h2-13H,1H3,(H,20,24)(H,21,25). The molecule has 0 aliphatic rings. The van der Waals surface area contributed by atoms with Crippen molar-refractivity contribution in [3.8, 4) is 0 Å². The van der Waals surface area contributed by atoms with E-state index in [-0.39, 0.29) is 11.6 Å². The molecule has 2 heterocycles. The average molecular weight is 351 g/mol. The molecular formula is C18H17N5O3. The van der Waals surface area contributed by atoms with E-state index in [1.807, 2.05) is 0 Å². The topological polar surface area (TPSA) is 103 Å². The number of amides is 2. The molecule has 0 radical (unpaired) electrons. The van der Waals surface area contributed by atoms with Crippen molar-refractivity contribution >= 4 is 23.2 Å². The van der Waals surface area contributed by atoms with Crippen LogP contribution in [0.5, 0.6) is 0 Å². The molecule has 8 nitrogen and oxygen atoms in total.